The van der Waals surface area contributed by atoms with Crippen LogP contribution in [-0.4, -0.2) is 34.8 Å². The van der Waals surface area contributed by atoms with Crippen LogP contribution in [-0.2, 0) is 4.79 Å². The van der Waals surface area contributed by atoms with Gasteiger partial charge in [0, 0.05) is 13.2 Å². The first-order chi connectivity index (χ1) is 5.09. The quantitative estimate of drug-likeness (QED) is 0.513. The summed E-state index contributed by atoms with van der Waals surface area (Å²) in [7, 11) is 1.46. The zero-order chi connectivity index (χ0) is 8.59. The highest BCUT2D eigenvalue weighted by Crippen LogP contribution is 2.14. The van der Waals surface area contributed by atoms with Crippen molar-refractivity contribution >= 4 is 11.9 Å². The van der Waals surface area contributed by atoms with Crippen LogP contribution in [0.1, 0.15) is 6.92 Å². The molecule has 11 heavy (non-hydrogen) atoms. The lowest BCUT2D eigenvalue weighted by Gasteiger charge is -2.11. The summed E-state index contributed by atoms with van der Waals surface area (Å²) < 4.78 is 0. The van der Waals surface area contributed by atoms with Gasteiger partial charge in [-0.15, -0.1) is 0 Å². The van der Waals surface area contributed by atoms with Crippen LogP contribution in [0.15, 0.2) is 12.8 Å². The maximum atomic E-state index is 11.1. The molecule has 0 radical (unpaired) electrons. The molecule has 1 aliphatic rings. The van der Waals surface area contributed by atoms with Crippen LogP contribution < -0.4 is 0 Å². The van der Waals surface area contributed by atoms with Crippen LogP contribution in [0, 0.1) is 0 Å². The van der Waals surface area contributed by atoms with E-state index in [0.717, 1.165) is 4.90 Å². The van der Waals surface area contributed by atoms with Crippen LogP contribution in [0.3, 0.4) is 0 Å². The predicted molar refractivity (Wildman–Crippen MR) is 39.7 cm³/mol. The molecule has 60 valence electrons. The molecule has 0 spiro atoms. The monoisotopic (exact) mass is 154 g/mol. The van der Waals surface area contributed by atoms with E-state index in [9.17, 15) is 9.59 Å². The molecule has 4 heteroatoms. The highest BCUT2D eigenvalue weighted by Gasteiger charge is 2.38. The summed E-state index contributed by atoms with van der Waals surface area (Å²) in [6.07, 6.45) is 1.37. The first-order valence-corrected chi connectivity index (χ1v) is 3.32. The van der Waals surface area contributed by atoms with Gasteiger partial charge >= 0.3 is 6.03 Å². The lowest BCUT2D eigenvalue weighted by atomic mass is 10.3. The van der Waals surface area contributed by atoms with Gasteiger partial charge < -0.3 is 0 Å². The van der Waals surface area contributed by atoms with Gasteiger partial charge in [-0.1, -0.05) is 6.58 Å². The number of amides is 3. The minimum atomic E-state index is -0.398. The summed E-state index contributed by atoms with van der Waals surface area (Å²) in [4.78, 5) is 24.6. The molecule has 1 atom stereocenters. The number of imide groups is 1. The molecular weight excluding hydrogens is 144 g/mol. The van der Waals surface area contributed by atoms with Crippen LogP contribution in [0.2, 0.25) is 0 Å². The van der Waals surface area contributed by atoms with Gasteiger partial charge in [-0.05, 0) is 6.92 Å². The van der Waals surface area contributed by atoms with Gasteiger partial charge in [-0.25, -0.2) is 4.79 Å². The molecule has 0 aromatic carbocycles. The summed E-state index contributed by atoms with van der Waals surface area (Å²) in [6.45, 7) is 5.11. The Labute approximate surface area is 65.1 Å². The molecule has 0 bridgehead atoms. The summed E-state index contributed by atoms with van der Waals surface area (Å²) in [5.74, 6) is -0.185. The van der Waals surface area contributed by atoms with Gasteiger partial charge in [0.15, 0.2) is 0 Å². The van der Waals surface area contributed by atoms with Gasteiger partial charge in [0.05, 0.1) is 0 Å². The SMILES string of the molecule is C=CN1C(=O)N(C)C(=O)C1C. The van der Waals surface area contributed by atoms with Gasteiger partial charge in [0.1, 0.15) is 6.04 Å². The van der Waals surface area contributed by atoms with Gasteiger partial charge in [-0.3, -0.25) is 14.6 Å². The summed E-state index contributed by atoms with van der Waals surface area (Å²) >= 11 is 0. The largest absolute Gasteiger partial charge is 0.331 e. The fourth-order valence-corrected chi connectivity index (χ4v) is 1.07. The summed E-state index contributed by atoms with van der Waals surface area (Å²) in [5.41, 5.74) is 0. The van der Waals surface area contributed by atoms with Crippen molar-refractivity contribution in [2.45, 2.75) is 13.0 Å². The zero-order valence-electron chi connectivity index (χ0n) is 6.57. The van der Waals surface area contributed by atoms with Gasteiger partial charge in [-0.2, -0.15) is 0 Å². The molecule has 1 rings (SSSR count). The third-order valence-electron chi connectivity index (χ3n) is 1.81. The molecule has 1 saturated heterocycles. The van der Waals surface area contributed by atoms with E-state index < -0.39 is 6.04 Å². The van der Waals surface area contributed by atoms with Crippen molar-refractivity contribution < 1.29 is 9.59 Å². The number of hydrogen-bond donors (Lipinski definition) is 0. The Morgan fingerprint density at radius 3 is 2.27 bits per heavy atom. The van der Waals surface area contributed by atoms with E-state index in [-0.39, 0.29) is 11.9 Å². The normalized spacial score (nSPS) is 24.7. The lowest BCUT2D eigenvalue weighted by Crippen LogP contribution is -2.27. The third-order valence-corrected chi connectivity index (χ3v) is 1.81. The van der Waals surface area contributed by atoms with E-state index in [1.54, 1.807) is 6.92 Å². The molecule has 1 aliphatic heterocycles. The molecule has 0 N–H and O–H groups in total. The Hall–Kier alpha value is -1.32. The number of rotatable bonds is 1. The minimum absolute atomic E-state index is 0.185. The minimum Gasteiger partial charge on any atom is -0.289 e. The van der Waals surface area contributed by atoms with Crippen molar-refractivity contribution in [2.24, 2.45) is 0 Å². The number of urea groups is 1. The zero-order valence-corrected chi connectivity index (χ0v) is 6.57. The fourth-order valence-electron chi connectivity index (χ4n) is 1.07. The van der Waals surface area contributed by atoms with Crippen LogP contribution in [0.5, 0.6) is 0 Å². The molecule has 0 saturated carbocycles. The summed E-state index contributed by atoms with van der Waals surface area (Å²) in [6, 6.07) is -0.706. The molecule has 1 unspecified atom stereocenters. The van der Waals surface area contributed by atoms with Crippen molar-refractivity contribution in [1.82, 2.24) is 9.80 Å². The van der Waals surface area contributed by atoms with E-state index in [2.05, 4.69) is 6.58 Å². The van der Waals surface area contributed by atoms with E-state index >= 15 is 0 Å². The molecule has 1 fully saturated rings. The van der Waals surface area contributed by atoms with Crippen molar-refractivity contribution in [3.05, 3.63) is 12.8 Å². The second kappa shape index (κ2) is 2.38. The number of likely N-dealkylation sites (N-methyl/N-ethyl adjacent to an activating group) is 1. The first kappa shape index (κ1) is 7.78. The van der Waals surface area contributed by atoms with Gasteiger partial charge in [0.2, 0.25) is 0 Å². The highest BCUT2D eigenvalue weighted by atomic mass is 16.2. The molecule has 0 aromatic rings. The van der Waals surface area contributed by atoms with Crippen molar-refractivity contribution in [3.63, 3.8) is 0 Å². The number of carbonyl (C=O) groups is 2. The molecule has 0 aromatic heterocycles. The maximum absolute atomic E-state index is 11.1. The number of hydrogen-bond acceptors (Lipinski definition) is 2. The van der Waals surface area contributed by atoms with Crippen LogP contribution in [0.4, 0.5) is 4.79 Å². The lowest BCUT2D eigenvalue weighted by molar-refractivity contribution is -0.126. The second-order valence-corrected chi connectivity index (χ2v) is 2.45. The Balaban J connectivity index is 2.94. The Bertz CT molecular complexity index is 224. The predicted octanol–water partition coefficient (Wildman–Crippen LogP) is 0.412. The molecule has 0 aliphatic carbocycles. The van der Waals surface area contributed by atoms with Crippen molar-refractivity contribution in [1.29, 1.82) is 0 Å². The topological polar surface area (TPSA) is 40.6 Å². The van der Waals surface area contributed by atoms with Crippen molar-refractivity contribution in [3.8, 4) is 0 Å². The Morgan fingerprint density at radius 2 is 2.09 bits per heavy atom. The van der Waals surface area contributed by atoms with E-state index in [4.69, 9.17) is 0 Å². The fraction of sp³-hybridized carbons (Fsp3) is 0.429. The molecule has 3 amide bonds. The summed E-state index contributed by atoms with van der Waals surface area (Å²) in [5, 5.41) is 0. The average molecular weight is 154 g/mol. The van der Waals surface area contributed by atoms with Crippen molar-refractivity contribution in [2.75, 3.05) is 7.05 Å². The van der Waals surface area contributed by atoms with Crippen LogP contribution in [0.25, 0.3) is 0 Å². The first-order valence-electron chi connectivity index (χ1n) is 3.32. The molecule has 1 heterocycles. The average Bonchev–Trinajstić information content (AvgIpc) is 2.17. The number of carbonyl (C=O) groups excluding carboxylic acids is 2. The van der Waals surface area contributed by atoms with E-state index in [0.29, 0.717) is 0 Å². The standard InChI is InChI=1S/C7H10N2O2/c1-4-9-5(2)6(10)8(3)7(9)11/h4-5H,1H2,2-3H3. The van der Waals surface area contributed by atoms with E-state index in [1.165, 1.54) is 18.1 Å². The Kier molecular flexibility index (Phi) is 1.68. The molecule has 4 nitrogen and oxygen atoms in total. The van der Waals surface area contributed by atoms with E-state index in [1.807, 2.05) is 0 Å². The smallest absolute Gasteiger partial charge is 0.289 e. The third kappa shape index (κ3) is 0.906. The Morgan fingerprint density at radius 1 is 1.55 bits per heavy atom. The molecular formula is C7H10N2O2. The maximum Gasteiger partial charge on any atom is 0.331 e. The van der Waals surface area contributed by atoms with Crippen LogP contribution >= 0.6 is 0 Å². The van der Waals surface area contributed by atoms with Gasteiger partial charge in [0.25, 0.3) is 5.91 Å². The second-order valence-electron chi connectivity index (χ2n) is 2.45. The number of nitrogens with zero attached hydrogens (tertiary/aromatic N) is 2. The highest BCUT2D eigenvalue weighted by molar-refractivity contribution is 6.04.